The zero-order valence-corrected chi connectivity index (χ0v) is 18.1. The van der Waals surface area contributed by atoms with Crippen LogP contribution in [0.4, 0.5) is 11.4 Å². The molecule has 0 unspecified atom stereocenters. The predicted octanol–water partition coefficient (Wildman–Crippen LogP) is 2.69. The Morgan fingerprint density at radius 1 is 1.03 bits per heavy atom. The maximum Gasteiger partial charge on any atom is 0.225 e. The van der Waals surface area contributed by atoms with Gasteiger partial charge >= 0.3 is 0 Å². The fourth-order valence-corrected chi connectivity index (χ4v) is 4.29. The minimum Gasteiger partial charge on any atom is -0.384 e. The van der Waals surface area contributed by atoms with Gasteiger partial charge in [0.25, 0.3) is 0 Å². The number of likely N-dealkylation sites (N-methyl/N-ethyl adjacent to an activating group) is 1. The molecule has 2 N–H and O–H groups in total. The van der Waals surface area contributed by atoms with Gasteiger partial charge in [-0.25, -0.2) is 4.52 Å². The van der Waals surface area contributed by atoms with Crippen molar-refractivity contribution in [2.45, 2.75) is 12.8 Å². The van der Waals surface area contributed by atoms with Crippen LogP contribution in [0.2, 0.25) is 0 Å². The Hall–Kier alpha value is -3.06. The molecule has 0 radical (unpaired) electrons. The molecule has 1 aliphatic heterocycles. The van der Waals surface area contributed by atoms with Gasteiger partial charge in [-0.3, -0.25) is 4.79 Å². The van der Waals surface area contributed by atoms with E-state index in [0.29, 0.717) is 11.8 Å². The number of anilines is 2. The van der Waals surface area contributed by atoms with Crippen molar-refractivity contribution in [1.82, 2.24) is 19.8 Å². The summed E-state index contributed by atoms with van der Waals surface area (Å²) < 4.78 is 1.96. The van der Waals surface area contributed by atoms with Gasteiger partial charge in [-0.2, -0.15) is 5.10 Å². The molecule has 1 saturated heterocycles. The quantitative estimate of drug-likeness (QED) is 0.578. The van der Waals surface area contributed by atoms with E-state index in [1.807, 2.05) is 22.7 Å². The first kappa shape index (κ1) is 19.9. The molecule has 2 aromatic heterocycles. The number of hydrogen-bond acceptors (Lipinski definition) is 5. The third kappa shape index (κ3) is 4.23. The molecule has 31 heavy (non-hydrogen) atoms. The number of amides is 1. The molecule has 0 bridgehead atoms. The van der Waals surface area contributed by atoms with Crippen molar-refractivity contribution in [3.63, 3.8) is 0 Å². The lowest BCUT2D eigenvalue weighted by atomic mass is 10.1. The highest BCUT2D eigenvalue weighted by Gasteiger charge is 2.34. The summed E-state index contributed by atoms with van der Waals surface area (Å²) in [4.78, 5) is 16.8. The normalized spacial score (nSPS) is 16.7. The molecule has 0 atom stereocenters. The number of rotatable bonds is 7. The molecule has 5 rings (SSSR count). The van der Waals surface area contributed by atoms with Crippen LogP contribution < -0.4 is 15.5 Å². The summed E-state index contributed by atoms with van der Waals surface area (Å²) in [6, 6.07) is 12.9. The molecule has 1 saturated carbocycles. The second-order valence-electron chi connectivity index (χ2n) is 8.47. The maximum atomic E-state index is 12.4. The van der Waals surface area contributed by atoms with Gasteiger partial charge in [0, 0.05) is 68.8 Å². The van der Waals surface area contributed by atoms with Gasteiger partial charge in [-0.1, -0.05) is 12.1 Å². The Labute approximate surface area is 183 Å². The largest absolute Gasteiger partial charge is 0.384 e. The Kier molecular flexibility index (Phi) is 5.51. The van der Waals surface area contributed by atoms with E-state index in [2.05, 4.69) is 63.2 Å². The average molecular weight is 419 g/mol. The van der Waals surface area contributed by atoms with Crippen LogP contribution >= 0.6 is 0 Å². The van der Waals surface area contributed by atoms with Crippen LogP contribution in [0.1, 0.15) is 12.8 Å². The van der Waals surface area contributed by atoms with E-state index in [-0.39, 0.29) is 0 Å². The van der Waals surface area contributed by atoms with E-state index in [4.69, 9.17) is 0 Å². The van der Waals surface area contributed by atoms with Crippen LogP contribution in [-0.4, -0.2) is 66.7 Å². The molecule has 7 nitrogen and oxygen atoms in total. The average Bonchev–Trinajstić information content (AvgIpc) is 3.57. The standard InChI is InChI=1S/C24H30N6O/c1-25-10-11-26-21-6-4-18(5-7-21)20-16-23-22(8-9-27-30(23)17-20)28-12-14-29(15-13-28)24(31)19-2-3-19/h4-9,16-17,19,25-26H,2-3,10-15H2,1H3. The Balaban J connectivity index is 1.32. The van der Waals surface area contributed by atoms with Gasteiger partial charge in [-0.15, -0.1) is 0 Å². The summed E-state index contributed by atoms with van der Waals surface area (Å²) in [5, 5.41) is 11.1. The van der Waals surface area contributed by atoms with E-state index in [1.165, 1.54) is 11.3 Å². The SMILES string of the molecule is CNCCNc1ccc(-c2cc3c(N4CCN(C(=O)C5CC5)CC4)ccnn3c2)cc1. The highest BCUT2D eigenvalue weighted by atomic mass is 16.2. The van der Waals surface area contributed by atoms with E-state index >= 15 is 0 Å². The summed E-state index contributed by atoms with van der Waals surface area (Å²) in [5.74, 6) is 0.658. The fraction of sp³-hybridized carbons (Fsp3) is 0.417. The third-order valence-electron chi connectivity index (χ3n) is 6.27. The number of fused-ring (bicyclic) bond motifs is 1. The first-order chi connectivity index (χ1) is 15.2. The van der Waals surface area contributed by atoms with Gasteiger partial charge in [-0.05, 0) is 49.7 Å². The van der Waals surface area contributed by atoms with Crippen LogP contribution in [0.3, 0.4) is 0 Å². The topological polar surface area (TPSA) is 64.9 Å². The van der Waals surface area contributed by atoms with Crippen LogP contribution in [0, 0.1) is 5.92 Å². The highest BCUT2D eigenvalue weighted by Crippen LogP contribution is 2.32. The lowest BCUT2D eigenvalue weighted by Gasteiger charge is -2.36. The van der Waals surface area contributed by atoms with Gasteiger partial charge in [0.2, 0.25) is 5.91 Å². The monoisotopic (exact) mass is 418 g/mol. The minimum atomic E-state index is 0.303. The van der Waals surface area contributed by atoms with Crippen LogP contribution in [-0.2, 0) is 4.79 Å². The second kappa shape index (κ2) is 8.59. The van der Waals surface area contributed by atoms with Gasteiger partial charge in [0.05, 0.1) is 11.2 Å². The Bertz CT molecular complexity index is 1050. The van der Waals surface area contributed by atoms with Crippen molar-refractivity contribution < 1.29 is 4.79 Å². The summed E-state index contributed by atoms with van der Waals surface area (Å²) >= 11 is 0. The van der Waals surface area contributed by atoms with Crippen LogP contribution in [0.25, 0.3) is 16.6 Å². The lowest BCUT2D eigenvalue weighted by Crippen LogP contribution is -2.49. The van der Waals surface area contributed by atoms with Crippen LogP contribution in [0.5, 0.6) is 0 Å². The molecule has 2 fully saturated rings. The molecular formula is C24H30N6O. The number of nitrogens with zero attached hydrogens (tertiary/aromatic N) is 4. The number of carbonyl (C=O) groups is 1. The smallest absolute Gasteiger partial charge is 0.225 e. The molecule has 162 valence electrons. The summed E-state index contributed by atoms with van der Waals surface area (Å²) in [5.41, 5.74) is 5.75. The van der Waals surface area contributed by atoms with Gasteiger partial charge in [0.15, 0.2) is 0 Å². The molecule has 1 aliphatic carbocycles. The van der Waals surface area contributed by atoms with E-state index in [9.17, 15) is 4.79 Å². The summed E-state index contributed by atoms with van der Waals surface area (Å²) in [6.07, 6.45) is 6.10. The minimum absolute atomic E-state index is 0.303. The number of aromatic nitrogens is 2. The molecule has 1 aromatic carbocycles. The molecule has 7 heteroatoms. The number of nitrogens with one attached hydrogen (secondary N) is 2. The van der Waals surface area contributed by atoms with Crippen molar-refractivity contribution in [1.29, 1.82) is 0 Å². The number of benzene rings is 1. The molecule has 3 heterocycles. The van der Waals surface area contributed by atoms with E-state index in [0.717, 1.165) is 68.9 Å². The van der Waals surface area contributed by atoms with Crippen LogP contribution in [0.15, 0.2) is 48.8 Å². The number of piperazine rings is 1. The first-order valence-corrected chi connectivity index (χ1v) is 11.2. The summed E-state index contributed by atoms with van der Waals surface area (Å²) in [7, 11) is 1.96. The lowest BCUT2D eigenvalue weighted by molar-refractivity contribution is -0.132. The molecule has 2 aliphatic rings. The first-order valence-electron chi connectivity index (χ1n) is 11.2. The molecule has 0 spiro atoms. The third-order valence-corrected chi connectivity index (χ3v) is 6.27. The molecule has 3 aromatic rings. The van der Waals surface area contributed by atoms with Crippen molar-refractivity contribution in [2.75, 3.05) is 56.5 Å². The number of hydrogen-bond donors (Lipinski definition) is 2. The highest BCUT2D eigenvalue weighted by molar-refractivity contribution is 5.82. The number of carbonyl (C=O) groups excluding carboxylic acids is 1. The Morgan fingerprint density at radius 2 is 1.81 bits per heavy atom. The van der Waals surface area contributed by atoms with Crippen molar-refractivity contribution >= 4 is 22.8 Å². The van der Waals surface area contributed by atoms with Gasteiger partial charge < -0.3 is 20.4 Å². The second-order valence-corrected chi connectivity index (χ2v) is 8.47. The zero-order chi connectivity index (χ0) is 21.2. The maximum absolute atomic E-state index is 12.4. The van der Waals surface area contributed by atoms with Gasteiger partial charge in [0.1, 0.15) is 0 Å². The fourth-order valence-electron chi connectivity index (χ4n) is 4.29. The van der Waals surface area contributed by atoms with E-state index in [1.54, 1.807) is 0 Å². The van der Waals surface area contributed by atoms with E-state index < -0.39 is 0 Å². The zero-order valence-electron chi connectivity index (χ0n) is 18.1. The molecule has 1 amide bonds. The van der Waals surface area contributed by atoms with Crippen molar-refractivity contribution in [3.05, 3.63) is 48.8 Å². The van der Waals surface area contributed by atoms with Crippen molar-refractivity contribution in [2.24, 2.45) is 5.92 Å². The summed E-state index contributed by atoms with van der Waals surface area (Å²) in [6.45, 7) is 5.18. The van der Waals surface area contributed by atoms with Crippen molar-refractivity contribution in [3.8, 4) is 11.1 Å². The predicted molar refractivity (Wildman–Crippen MR) is 125 cm³/mol. The Morgan fingerprint density at radius 3 is 2.52 bits per heavy atom. The molecular weight excluding hydrogens is 388 g/mol.